The average molecular weight is 446 g/mol. The Morgan fingerprint density at radius 1 is 1.23 bits per heavy atom. The maximum absolute atomic E-state index is 13.1. The zero-order chi connectivity index (χ0) is 22.7. The Bertz CT molecular complexity index is 1120. The zero-order valence-electron chi connectivity index (χ0n) is 16.3. The fourth-order valence-corrected chi connectivity index (χ4v) is 3.69. The van der Waals surface area contributed by atoms with E-state index >= 15 is 0 Å². The molecule has 0 aliphatic carbocycles. The van der Waals surface area contributed by atoms with Crippen LogP contribution in [0.2, 0.25) is 0 Å². The van der Waals surface area contributed by atoms with E-state index < -0.39 is 33.5 Å². The van der Waals surface area contributed by atoms with Crippen LogP contribution in [0.5, 0.6) is 11.5 Å². The van der Waals surface area contributed by atoms with Crippen LogP contribution >= 0.6 is 11.8 Å². The van der Waals surface area contributed by atoms with Gasteiger partial charge in [0, 0.05) is 12.5 Å². The highest BCUT2D eigenvalue weighted by molar-refractivity contribution is 8.18. The van der Waals surface area contributed by atoms with Gasteiger partial charge in [-0.25, -0.2) is 4.39 Å². The highest BCUT2D eigenvalue weighted by Gasteiger charge is 2.36. The summed E-state index contributed by atoms with van der Waals surface area (Å²) in [5.41, 5.74) is 0.123. The molecular formula is C20H15FN2O7S. The third kappa shape index (κ3) is 4.72. The molecule has 0 aromatic heterocycles. The fourth-order valence-electron chi connectivity index (χ4n) is 2.86. The van der Waals surface area contributed by atoms with Crippen molar-refractivity contribution in [1.29, 1.82) is 0 Å². The molecule has 0 bridgehead atoms. The van der Waals surface area contributed by atoms with Crippen molar-refractivity contribution >= 4 is 40.6 Å². The molecule has 160 valence electrons. The van der Waals surface area contributed by atoms with Gasteiger partial charge < -0.3 is 9.47 Å². The van der Waals surface area contributed by atoms with Crippen molar-refractivity contribution < 1.29 is 33.2 Å². The normalized spacial score (nSPS) is 14.8. The number of ether oxygens (including phenoxy) is 2. The standard InChI is InChI=1S/C20H15FN2O7S/c1-11(24)30-15-8-5-13(18(29-2)17(15)23(27)28)9-16-19(25)22(20(26)31-16)10-12-3-6-14(21)7-4-12/h3-9H,10H2,1-2H3/b16-9-. The average Bonchev–Trinajstić information content (AvgIpc) is 2.97. The van der Waals surface area contributed by atoms with Crippen LogP contribution in [0.3, 0.4) is 0 Å². The lowest BCUT2D eigenvalue weighted by Gasteiger charge is -2.12. The van der Waals surface area contributed by atoms with Gasteiger partial charge in [-0.3, -0.25) is 29.4 Å². The number of rotatable bonds is 6. The van der Waals surface area contributed by atoms with Gasteiger partial charge in [-0.15, -0.1) is 0 Å². The van der Waals surface area contributed by atoms with Gasteiger partial charge in [0.05, 0.1) is 23.5 Å². The molecule has 0 N–H and O–H groups in total. The number of amides is 2. The third-order valence-electron chi connectivity index (χ3n) is 4.18. The molecular weight excluding hydrogens is 431 g/mol. The van der Waals surface area contributed by atoms with Crippen LogP contribution < -0.4 is 9.47 Å². The fraction of sp³-hybridized carbons (Fsp3) is 0.150. The van der Waals surface area contributed by atoms with Gasteiger partial charge in [-0.05, 0) is 47.7 Å². The highest BCUT2D eigenvalue weighted by atomic mass is 32.2. The lowest BCUT2D eigenvalue weighted by Crippen LogP contribution is -2.27. The second-order valence-corrected chi connectivity index (χ2v) is 7.27. The van der Waals surface area contributed by atoms with Crippen LogP contribution in [0.15, 0.2) is 41.3 Å². The van der Waals surface area contributed by atoms with Gasteiger partial charge in [0.15, 0.2) is 0 Å². The molecule has 2 aromatic carbocycles. The van der Waals surface area contributed by atoms with Gasteiger partial charge in [0.2, 0.25) is 11.5 Å². The smallest absolute Gasteiger partial charge is 0.353 e. The summed E-state index contributed by atoms with van der Waals surface area (Å²) in [6, 6.07) is 7.94. The number of hydrogen-bond donors (Lipinski definition) is 0. The van der Waals surface area contributed by atoms with Crippen LogP contribution in [0.25, 0.3) is 6.08 Å². The molecule has 0 atom stereocenters. The molecule has 1 saturated heterocycles. The Morgan fingerprint density at radius 3 is 2.48 bits per heavy atom. The number of imide groups is 1. The van der Waals surface area contributed by atoms with E-state index in [-0.39, 0.29) is 28.5 Å². The summed E-state index contributed by atoms with van der Waals surface area (Å²) >= 11 is 0.661. The molecule has 1 aliphatic rings. The quantitative estimate of drug-likeness (QED) is 0.216. The predicted molar refractivity (Wildman–Crippen MR) is 109 cm³/mol. The number of nitrogens with zero attached hydrogens (tertiary/aromatic N) is 2. The lowest BCUT2D eigenvalue weighted by atomic mass is 10.1. The number of hydrogen-bond acceptors (Lipinski definition) is 8. The first-order valence-electron chi connectivity index (χ1n) is 8.75. The lowest BCUT2D eigenvalue weighted by molar-refractivity contribution is -0.386. The third-order valence-corrected chi connectivity index (χ3v) is 5.09. The van der Waals surface area contributed by atoms with Gasteiger partial charge in [0.1, 0.15) is 5.82 Å². The van der Waals surface area contributed by atoms with Crippen molar-refractivity contribution in [2.75, 3.05) is 7.11 Å². The van der Waals surface area contributed by atoms with Gasteiger partial charge >= 0.3 is 11.7 Å². The van der Waals surface area contributed by atoms with Crippen molar-refractivity contribution in [1.82, 2.24) is 4.90 Å². The van der Waals surface area contributed by atoms with Crippen LogP contribution in [-0.2, 0) is 16.1 Å². The van der Waals surface area contributed by atoms with Crippen molar-refractivity contribution in [3.63, 3.8) is 0 Å². The summed E-state index contributed by atoms with van der Waals surface area (Å²) in [5, 5.41) is 11.0. The van der Waals surface area contributed by atoms with Gasteiger partial charge in [-0.2, -0.15) is 0 Å². The van der Waals surface area contributed by atoms with Crippen molar-refractivity contribution in [2.24, 2.45) is 0 Å². The Hall–Kier alpha value is -3.73. The minimum Gasteiger partial charge on any atom is -0.490 e. The summed E-state index contributed by atoms with van der Waals surface area (Å²) in [4.78, 5) is 48.0. The number of carbonyl (C=O) groups is 3. The number of thioether (sulfide) groups is 1. The van der Waals surface area contributed by atoms with E-state index in [9.17, 15) is 28.9 Å². The molecule has 0 spiro atoms. The Morgan fingerprint density at radius 2 is 1.90 bits per heavy atom. The first kappa shape index (κ1) is 22.0. The van der Waals surface area contributed by atoms with Gasteiger partial charge in [-0.1, -0.05) is 12.1 Å². The molecule has 1 heterocycles. The maximum atomic E-state index is 13.1. The molecule has 9 nitrogen and oxygen atoms in total. The van der Waals surface area contributed by atoms with E-state index in [1.165, 1.54) is 49.6 Å². The monoisotopic (exact) mass is 446 g/mol. The van der Waals surface area contributed by atoms with Crippen LogP contribution in [0, 0.1) is 15.9 Å². The number of benzene rings is 2. The van der Waals surface area contributed by atoms with E-state index in [0.29, 0.717) is 17.3 Å². The van der Waals surface area contributed by atoms with Crippen LogP contribution in [-0.4, -0.2) is 34.0 Å². The van der Waals surface area contributed by atoms with Crippen molar-refractivity contribution in [3.05, 3.63) is 68.4 Å². The molecule has 31 heavy (non-hydrogen) atoms. The topological polar surface area (TPSA) is 116 Å². The van der Waals surface area contributed by atoms with Gasteiger partial charge in [0.25, 0.3) is 11.1 Å². The van der Waals surface area contributed by atoms with Crippen molar-refractivity contribution in [2.45, 2.75) is 13.5 Å². The SMILES string of the molecule is COc1c(/C=C2\SC(=O)N(Cc3ccc(F)cc3)C2=O)ccc(OC(C)=O)c1[N+](=O)[O-]. The molecule has 2 aromatic rings. The summed E-state index contributed by atoms with van der Waals surface area (Å²) < 4.78 is 23.1. The van der Waals surface area contributed by atoms with Crippen LogP contribution in [0.1, 0.15) is 18.1 Å². The minimum absolute atomic E-state index is 0.0277. The number of methoxy groups -OCH3 is 1. The largest absolute Gasteiger partial charge is 0.490 e. The Balaban J connectivity index is 1.95. The van der Waals surface area contributed by atoms with Crippen molar-refractivity contribution in [3.8, 4) is 11.5 Å². The summed E-state index contributed by atoms with van der Waals surface area (Å²) in [7, 11) is 1.19. The number of nitro benzene ring substituents is 1. The van der Waals surface area contributed by atoms with E-state index in [2.05, 4.69) is 0 Å². The van der Waals surface area contributed by atoms with E-state index in [4.69, 9.17) is 9.47 Å². The molecule has 0 unspecified atom stereocenters. The Kier molecular flexibility index (Phi) is 6.35. The summed E-state index contributed by atoms with van der Waals surface area (Å²) in [5.74, 6) is -2.33. The van der Waals surface area contributed by atoms with Crippen LogP contribution in [0.4, 0.5) is 14.9 Å². The molecule has 1 fully saturated rings. The number of nitro groups is 1. The van der Waals surface area contributed by atoms with E-state index in [0.717, 1.165) is 11.8 Å². The van der Waals surface area contributed by atoms with E-state index in [1.54, 1.807) is 0 Å². The molecule has 2 amide bonds. The molecule has 3 rings (SSSR count). The maximum Gasteiger partial charge on any atom is 0.353 e. The molecule has 1 aliphatic heterocycles. The molecule has 0 radical (unpaired) electrons. The Labute approximate surface area is 179 Å². The number of carbonyl (C=O) groups excluding carboxylic acids is 3. The zero-order valence-corrected chi connectivity index (χ0v) is 17.1. The minimum atomic E-state index is -0.769. The van der Waals surface area contributed by atoms with E-state index in [1.807, 2.05) is 0 Å². The highest BCUT2D eigenvalue weighted by Crippen LogP contribution is 2.42. The number of halogens is 1. The summed E-state index contributed by atoms with van der Waals surface area (Å²) in [6.07, 6.45) is 1.29. The summed E-state index contributed by atoms with van der Waals surface area (Å²) in [6.45, 7) is 1.05. The molecule has 0 saturated carbocycles. The molecule has 11 heteroatoms. The second kappa shape index (κ2) is 8.96. The first-order valence-corrected chi connectivity index (χ1v) is 9.56. The predicted octanol–water partition coefficient (Wildman–Crippen LogP) is 3.90. The second-order valence-electron chi connectivity index (χ2n) is 6.28. The first-order chi connectivity index (χ1) is 14.7. The number of esters is 1.